The van der Waals surface area contributed by atoms with Gasteiger partial charge in [-0.3, -0.25) is 4.79 Å². The van der Waals surface area contributed by atoms with Gasteiger partial charge in [-0.1, -0.05) is 244 Å². The zero-order chi connectivity index (χ0) is 39.3. The monoisotopic (exact) mass is 760 g/mol. The Bertz CT molecular complexity index is 780. The lowest BCUT2D eigenvalue weighted by atomic mass is 10.0. The summed E-state index contributed by atoms with van der Waals surface area (Å²) in [5.41, 5.74) is 0. The molecule has 0 bridgehead atoms. The Labute approximate surface area is 339 Å². The number of carbonyl (C=O) groups is 1. The number of hydrogen-bond acceptors (Lipinski definition) is 3. The van der Waals surface area contributed by atoms with Crippen molar-refractivity contribution >= 4 is 5.91 Å². The van der Waals surface area contributed by atoms with Gasteiger partial charge in [-0.25, -0.2) is 0 Å². The lowest BCUT2D eigenvalue weighted by Gasteiger charge is -2.20. The zero-order valence-electron chi connectivity index (χ0n) is 36.8. The molecule has 0 rings (SSSR count). The molecule has 3 N–H and O–H groups in total. The van der Waals surface area contributed by atoms with Crippen LogP contribution in [0.2, 0.25) is 0 Å². The van der Waals surface area contributed by atoms with E-state index >= 15 is 0 Å². The van der Waals surface area contributed by atoms with E-state index in [2.05, 4.69) is 31.3 Å². The van der Waals surface area contributed by atoms with Gasteiger partial charge in [0.15, 0.2) is 0 Å². The Morgan fingerprint density at radius 3 is 1.06 bits per heavy atom. The second-order valence-electron chi connectivity index (χ2n) is 16.9. The highest BCUT2D eigenvalue weighted by molar-refractivity contribution is 5.76. The summed E-state index contributed by atoms with van der Waals surface area (Å²) in [6, 6.07) is -0.624. The summed E-state index contributed by atoms with van der Waals surface area (Å²) in [7, 11) is 0. The highest BCUT2D eigenvalue weighted by Crippen LogP contribution is 2.17. The molecule has 0 spiro atoms. The van der Waals surface area contributed by atoms with Crippen LogP contribution in [0.15, 0.2) is 24.3 Å². The molecule has 4 heteroatoms. The molecular weight excluding hydrogens is 663 g/mol. The largest absolute Gasteiger partial charge is 0.394 e. The minimum Gasteiger partial charge on any atom is -0.394 e. The molecule has 1 amide bonds. The van der Waals surface area contributed by atoms with E-state index < -0.39 is 12.1 Å². The zero-order valence-corrected chi connectivity index (χ0v) is 36.8. The topological polar surface area (TPSA) is 69.6 Å². The highest BCUT2D eigenvalue weighted by atomic mass is 16.3. The van der Waals surface area contributed by atoms with E-state index in [9.17, 15) is 15.0 Å². The Kier molecular flexibility index (Phi) is 45.3. The molecule has 2 unspecified atom stereocenters. The van der Waals surface area contributed by atoms with Crippen molar-refractivity contribution < 1.29 is 15.0 Å². The van der Waals surface area contributed by atoms with Gasteiger partial charge in [-0.2, -0.15) is 0 Å². The fourth-order valence-electron chi connectivity index (χ4n) is 7.65. The van der Waals surface area contributed by atoms with Crippen molar-refractivity contribution in [3.05, 3.63) is 24.3 Å². The van der Waals surface area contributed by atoms with E-state index in [0.717, 1.165) is 38.5 Å². The first-order chi connectivity index (χ1) is 26.7. The van der Waals surface area contributed by atoms with Gasteiger partial charge in [0.2, 0.25) is 5.91 Å². The molecule has 320 valence electrons. The minimum atomic E-state index is -0.840. The first kappa shape index (κ1) is 52.9. The van der Waals surface area contributed by atoms with Gasteiger partial charge in [0.1, 0.15) is 0 Å². The normalized spacial score (nSPS) is 13.0. The van der Waals surface area contributed by atoms with Crippen LogP contribution in [0.5, 0.6) is 0 Å². The van der Waals surface area contributed by atoms with Gasteiger partial charge in [0.05, 0.1) is 18.8 Å². The van der Waals surface area contributed by atoms with Crippen LogP contribution in [-0.4, -0.2) is 34.9 Å². The smallest absolute Gasteiger partial charge is 0.220 e. The predicted octanol–water partition coefficient (Wildman–Crippen LogP) is 15.6. The first-order valence-corrected chi connectivity index (χ1v) is 24.6. The van der Waals surface area contributed by atoms with Crippen LogP contribution in [0.1, 0.15) is 271 Å². The maximum atomic E-state index is 12.3. The summed E-state index contributed by atoms with van der Waals surface area (Å²) >= 11 is 0. The second kappa shape index (κ2) is 46.3. The Morgan fingerprint density at radius 2 is 0.704 bits per heavy atom. The summed E-state index contributed by atoms with van der Waals surface area (Å²) in [6.07, 6.45) is 60.4. The molecule has 0 aliphatic heterocycles. The Morgan fingerprint density at radius 1 is 0.426 bits per heavy atom. The third kappa shape index (κ3) is 42.0. The van der Waals surface area contributed by atoms with Crippen molar-refractivity contribution in [1.29, 1.82) is 0 Å². The molecule has 0 fully saturated rings. The van der Waals surface area contributed by atoms with Crippen LogP contribution in [-0.2, 0) is 4.79 Å². The summed E-state index contributed by atoms with van der Waals surface area (Å²) < 4.78 is 0. The summed E-state index contributed by atoms with van der Waals surface area (Å²) in [6.45, 7) is 4.30. The average Bonchev–Trinajstić information content (AvgIpc) is 3.18. The number of hydrogen-bond donors (Lipinski definition) is 3. The van der Waals surface area contributed by atoms with Gasteiger partial charge in [0, 0.05) is 6.42 Å². The fourth-order valence-corrected chi connectivity index (χ4v) is 7.65. The molecule has 2 atom stereocenters. The standard InChI is InChI=1S/C50H97NO3/c1-3-5-7-9-11-13-15-17-18-19-20-21-22-23-24-25-26-27-28-29-30-31-32-33-34-35-37-39-41-43-45-49(53)48(47-52)51-50(54)46-44-42-40-38-36-16-14-12-10-8-6-4-2/h12,14,43,45,48-49,52-53H,3-11,13,15-42,44,46-47H2,1-2H3,(H,51,54)/b14-12-,45-43+. The summed E-state index contributed by atoms with van der Waals surface area (Å²) in [5, 5.41) is 23.0. The van der Waals surface area contributed by atoms with E-state index in [0.29, 0.717) is 6.42 Å². The molecule has 0 saturated carbocycles. The van der Waals surface area contributed by atoms with E-state index in [1.807, 2.05) is 6.08 Å². The highest BCUT2D eigenvalue weighted by Gasteiger charge is 2.18. The lowest BCUT2D eigenvalue weighted by molar-refractivity contribution is -0.123. The molecule has 0 radical (unpaired) electrons. The number of amides is 1. The van der Waals surface area contributed by atoms with Crippen LogP contribution < -0.4 is 5.32 Å². The molecule has 0 aromatic carbocycles. The third-order valence-corrected chi connectivity index (χ3v) is 11.4. The minimum absolute atomic E-state index is 0.0720. The average molecular weight is 760 g/mol. The van der Waals surface area contributed by atoms with Gasteiger partial charge >= 0.3 is 0 Å². The summed E-state index contributed by atoms with van der Waals surface area (Å²) in [5.74, 6) is -0.0720. The van der Waals surface area contributed by atoms with Crippen LogP contribution in [0.3, 0.4) is 0 Å². The molecule has 0 aliphatic rings. The van der Waals surface area contributed by atoms with Crippen molar-refractivity contribution in [2.75, 3.05) is 6.61 Å². The van der Waals surface area contributed by atoms with Gasteiger partial charge in [0.25, 0.3) is 0 Å². The van der Waals surface area contributed by atoms with Crippen LogP contribution in [0, 0.1) is 0 Å². The number of aliphatic hydroxyl groups is 2. The SMILES string of the molecule is CCCCC/C=C\CCCCCCCC(=O)NC(CO)C(O)/C=C/CCCCCCCCCCCCCCCCCCCCCCCCCCCCCC. The lowest BCUT2D eigenvalue weighted by Crippen LogP contribution is -2.45. The number of allylic oxidation sites excluding steroid dienone is 3. The number of rotatable bonds is 45. The van der Waals surface area contributed by atoms with Crippen molar-refractivity contribution in [1.82, 2.24) is 5.32 Å². The van der Waals surface area contributed by atoms with Gasteiger partial charge in [-0.05, 0) is 44.9 Å². The maximum Gasteiger partial charge on any atom is 0.220 e. The number of nitrogens with one attached hydrogen (secondary N) is 1. The second-order valence-corrected chi connectivity index (χ2v) is 16.9. The van der Waals surface area contributed by atoms with Crippen molar-refractivity contribution in [3.63, 3.8) is 0 Å². The fraction of sp³-hybridized carbons (Fsp3) is 0.900. The number of aliphatic hydroxyl groups excluding tert-OH is 2. The quantitative estimate of drug-likeness (QED) is 0.0428. The van der Waals surface area contributed by atoms with Crippen molar-refractivity contribution in [3.8, 4) is 0 Å². The van der Waals surface area contributed by atoms with Gasteiger partial charge < -0.3 is 15.5 Å². The maximum absolute atomic E-state index is 12.3. The Hall–Kier alpha value is -1.13. The van der Waals surface area contributed by atoms with E-state index in [4.69, 9.17) is 0 Å². The molecule has 0 aromatic rings. The Balaban J connectivity index is 3.44. The van der Waals surface area contributed by atoms with Crippen molar-refractivity contribution in [2.45, 2.75) is 283 Å². The van der Waals surface area contributed by atoms with Crippen LogP contribution >= 0.6 is 0 Å². The molecule has 0 heterocycles. The van der Waals surface area contributed by atoms with Gasteiger partial charge in [-0.15, -0.1) is 0 Å². The van der Waals surface area contributed by atoms with E-state index in [1.54, 1.807) is 6.08 Å². The summed E-state index contributed by atoms with van der Waals surface area (Å²) in [4.78, 5) is 12.3. The molecule has 0 aromatic heterocycles. The first-order valence-electron chi connectivity index (χ1n) is 24.6. The van der Waals surface area contributed by atoms with Crippen LogP contribution in [0.4, 0.5) is 0 Å². The predicted molar refractivity (Wildman–Crippen MR) is 239 cm³/mol. The molecule has 54 heavy (non-hydrogen) atoms. The number of carbonyl (C=O) groups excluding carboxylic acids is 1. The molecular formula is C50H97NO3. The number of unbranched alkanes of at least 4 members (excludes halogenated alkanes) is 36. The van der Waals surface area contributed by atoms with E-state index in [1.165, 1.54) is 212 Å². The van der Waals surface area contributed by atoms with E-state index in [-0.39, 0.29) is 12.5 Å². The molecule has 0 aliphatic carbocycles. The van der Waals surface area contributed by atoms with Crippen molar-refractivity contribution in [2.24, 2.45) is 0 Å². The third-order valence-electron chi connectivity index (χ3n) is 11.4. The molecule has 0 saturated heterocycles. The van der Waals surface area contributed by atoms with Crippen LogP contribution in [0.25, 0.3) is 0 Å². The molecule has 4 nitrogen and oxygen atoms in total.